The molecule has 1 saturated heterocycles. The van der Waals surface area contributed by atoms with Crippen LogP contribution < -0.4 is 5.32 Å². The van der Waals surface area contributed by atoms with Crippen molar-refractivity contribution in [3.05, 3.63) is 35.4 Å². The number of nitrogens with one attached hydrogen (secondary N) is 1. The van der Waals surface area contributed by atoms with Gasteiger partial charge < -0.3 is 10.1 Å². The lowest BCUT2D eigenvalue weighted by Gasteiger charge is -2.34. The van der Waals surface area contributed by atoms with Crippen molar-refractivity contribution in [1.29, 1.82) is 0 Å². The van der Waals surface area contributed by atoms with Gasteiger partial charge in [0.05, 0.1) is 12.2 Å². The van der Waals surface area contributed by atoms with Crippen LogP contribution in [0.3, 0.4) is 0 Å². The molecule has 4 heteroatoms. The van der Waals surface area contributed by atoms with Crippen LogP contribution in [0.1, 0.15) is 45.2 Å². The molecule has 1 aliphatic heterocycles. The molecule has 0 spiro atoms. The van der Waals surface area contributed by atoms with E-state index in [2.05, 4.69) is 19.2 Å². The molecule has 0 saturated carbocycles. The third-order valence-corrected chi connectivity index (χ3v) is 3.63. The van der Waals surface area contributed by atoms with E-state index in [0.29, 0.717) is 6.04 Å². The molecule has 3 unspecified atom stereocenters. The lowest BCUT2D eigenvalue weighted by molar-refractivity contribution is -0.0433. The van der Waals surface area contributed by atoms with E-state index < -0.39 is 11.6 Å². The molecule has 0 radical (unpaired) electrons. The van der Waals surface area contributed by atoms with Gasteiger partial charge in [-0.2, -0.15) is 0 Å². The highest BCUT2D eigenvalue weighted by atomic mass is 19.2. The Hall–Kier alpha value is -1.00. The Labute approximate surface area is 113 Å². The summed E-state index contributed by atoms with van der Waals surface area (Å²) in [4.78, 5) is 0. The molecule has 19 heavy (non-hydrogen) atoms. The third kappa shape index (κ3) is 3.74. The Morgan fingerprint density at radius 1 is 1.16 bits per heavy atom. The number of hydrogen-bond donors (Lipinski definition) is 1. The van der Waals surface area contributed by atoms with Crippen LogP contribution in [-0.4, -0.2) is 18.2 Å². The highest BCUT2D eigenvalue weighted by molar-refractivity contribution is 5.20. The topological polar surface area (TPSA) is 21.3 Å². The molecule has 1 heterocycles. The number of benzene rings is 1. The monoisotopic (exact) mass is 269 g/mol. The second-order valence-electron chi connectivity index (χ2n) is 5.49. The van der Waals surface area contributed by atoms with Crippen LogP contribution in [0, 0.1) is 11.6 Å². The van der Waals surface area contributed by atoms with E-state index in [4.69, 9.17) is 4.74 Å². The van der Waals surface area contributed by atoms with Crippen LogP contribution in [0.2, 0.25) is 0 Å². The number of halogens is 2. The lowest BCUT2D eigenvalue weighted by Crippen LogP contribution is -2.42. The fourth-order valence-corrected chi connectivity index (χ4v) is 2.77. The number of ether oxygens (including phenoxy) is 1. The van der Waals surface area contributed by atoms with Crippen molar-refractivity contribution < 1.29 is 13.5 Å². The van der Waals surface area contributed by atoms with E-state index in [1.54, 1.807) is 6.07 Å². The maximum atomic E-state index is 13.2. The largest absolute Gasteiger partial charge is 0.375 e. The smallest absolute Gasteiger partial charge is 0.159 e. The maximum absolute atomic E-state index is 13.2. The van der Waals surface area contributed by atoms with Crippen molar-refractivity contribution in [1.82, 2.24) is 5.32 Å². The second-order valence-corrected chi connectivity index (χ2v) is 5.49. The van der Waals surface area contributed by atoms with Gasteiger partial charge in [-0.05, 0) is 51.3 Å². The molecule has 2 nitrogen and oxygen atoms in total. The van der Waals surface area contributed by atoms with Crippen molar-refractivity contribution >= 4 is 0 Å². The molecule has 0 aromatic heterocycles. The molecule has 1 aromatic rings. The number of hydrogen-bond acceptors (Lipinski definition) is 2. The first-order valence-electron chi connectivity index (χ1n) is 6.82. The molecule has 1 aliphatic rings. The summed E-state index contributed by atoms with van der Waals surface area (Å²) < 4.78 is 31.8. The average Bonchev–Trinajstić information content (AvgIpc) is 2.31. The fraction of sp³-hybridized carbons (Fsp3) is 0.600. The maximum Gasteiger partial charge on any atom is 0.159 e. The van der Waals surface area contributed by atoms with E-state index in [0.717, 1.165) is 18.4 Å². The first-order valence-corrected chi connectivity index (χ1v) is 6.82. The zero-order valence-electron chi connectivity index (χ0n) is 11.6. The van der Waals surface area contributed by atoms with Gasteiger partial charge in [-0.25, -0.2) is 8.78 Å². The highest BCUT2D eigenvalue weighted by Crippen LogP contribution is 2.23. The fourth-order valence-electron chi connectivity index (χ4n) is 2.77. The molecule has 3 atom stereocenters. The summed E-state index contributed by atoms with van der Waals surface area (Å²) in [7, 11) is 0. The van der Waals surface area contributed by atoms with Crippen molar-refractivity contribution in [3.8, 4) is 0 Å². The summed E-state index contributed by atoms with van der Waals surface area (Å²) in [5, 5.41) is 3.47. The van der Waals surface area contributed by atoms with Gasteiger partial charge in [0, 0.05) is 12.1 Å². The van der Waals surface area contributed by atoms with Gasteiger partial charge in [0.2, 0.25) is 0 Å². The zero-order valence-corrected chi connectivity index (χ0v) is 11.6. The van der Waals surface area contributed by atoms with Gasteiger partial charge in [0.15, 0.2) is 11.6 Å². The number of rotatable bonds is 3. The van der Waals surface area contributed by atoms with Crippen LogP contribution in [0.15, 0.2) is 18.2 Å². The quantitative estimate of drug-likeness (QED) is 0.905. The SMILES string of the molecule is CC1CC(NC(C)c2ccc(F)c(F)c2)CC(C)O1. The van der Waals surface area contributed by atoms with Gasteiger partial charge in [0.1, 0.15) is 0 Å². The molecular weight excluding hydrogens is 248 g/mol. The lowest BCUT2D eigenvalue weighted by atomic mass is 9.98. The van der Waals surface area contributed by atoms with Crippen LogP contribution in [0.4, 0.5) is 8.78 Å². The third-order valence-electron chi connectivity index (χ3n) is 3.63. The Balaban J connectivity index is 2.00. The second kappa shape index (κ2) is 5.97. The summed E-state index contributed by atoms with van der Waals surface area (Å²) in [6.07, 6.45) is 2.35. The minimum absolute atomic E-state index is 0.00222. The van der Waals surface area contributed by atoms with E-state index in [9.17, 15) is 8.78 Å². The summed E-state index contributed by atoms with van der Waals surface area (Å²) >= 11 is 0. The Kier molecular flexibility index (Phi) is 4.53. The van der Waals surface area contributed by atoms with Crippen molar-refractivity contribution in [2.45, 2.75) is 57.9 Å². The van der Waals surface area contributed by atoms with Crippen LogP contribution in [0.25, 0.3) is 0 Å². The minimum atomic E-state index is -0.802. The van der Waals surface area contributed by atoms with E-state index in [-0.39, 0.29) is 18.2 Å². The predicted octanol–water partition coefficient (Wildman–Crippen LogP) is 3.57. The van der Waals surface area contributed by atoms with Gasteiger partial charge in [-0.1, -0.05) is 6.07 Å². The van der Waals surface area contributed by atoms with E-state index >= 15 is 0 Å². The summed E-state index contributed by atoms with van der Waals surface area (Å²) in [6.45, 7) is 6.09. The first-order chi connectivity index (χ1) is 8.95. The van der Waals surface area contributed by atoms with Gasteiger partial charge >= 0.3 is 0 Å². The molecule has 1 aromatic carbocycles. The Morgan fingerprint density at radius 3 is 2.37 bits per heavy atom. The molecule has 106 valence electrons. The Bertz CT molecular complexity index is 428. The average molecular weight is 269 g/mol. The van der Waals surface area contributed by atoms with Crippen molar-refractivity contribution in [2.24, 2.45) is 0 Å². The molecule has 1 fully saturated rings. The predicted molar refractivity (Wildman–Crippen MR) is 70.9 cm³/mol. The molecule has 0 amide bonds. The van der Waals surface area contributed by atoms with Gasteiger partial charge in [-0.3, -0.25) is 0 Å². The van der Waals surface area contributed by atoms with E-state index in [1.807, 2.05) is 6.92 Å². The van der Waals surface area contributed by atoms with Crippen molar-refractivity contribution in [3.63, 3.8) is 0 Å². The normalized spacial score (nSPS) is 29.2. The molecule has 2 rings (SSSR count). The first kappa shape index (κ1) is 14.4. The van der Waals surface area contributed by atoms with Crippen molar-refractivity contribution in [2.75, 3.05) is 0 Å². The summed E-state index contributed by atoms with van der Waals surface area (Å²) in [5.74, 6) is -1.59. The van der Waals surface area contributed by atoms with Gasteiger partial charge in [0.25, 0.3) is 0 Å². The van der Waals surface area contributed by atoms with Crippen LogP contribution >= 0.6 is 0 Å². The van der Waals surface area contributed by atoms with Gasteiger partial charge in [-0.15, -0.1) is 0 Å². The zero-order chi connectivity index (χ0) is 14.0. The molecule has 1 N–H and O–H groups in total. The standard InChI is InChI=1S/C15H21F2NO/c1-9-6-13(7-10(2)19-9)18-11(3)12-4-5-14(16)15(17)8-12/h4-5,8-11,13,18H,6-7H2,1-3H3. The summed E-state index contributed by atoms with van der Waals surface area (Å²) in [5.41, 5.74) is 0.769. The van der Waals surface area contributed by atoms with Crippen LogP contribution in [-0.2, 0) is 4.74 Å². The minimum Gasteiger partial charge on any atom is -0.375 e. The Morgan fingerprint density at radius 2 is 1.79 bits per heavy atom. The van der Waals surface area contributed by atoms with Crippen LogP contribution in [0.5, 0.6) is 0 Å². The summed E-state index contributed by atoms with van der Waals surface area (Å²) in [6, 6.07) is 4.42. The molecular formula is C15H21F2NO. The molecule has 0 aliphatic carbocycles. The highest BCUT2D eigenvalue weighted by Gasteiger charge is 2.25. The van der Waals surface area contributed by atoms with E-state index in [1.165, 1.54) is 12.1 Å². The molecule has 0 bridgehead atoms.